The van der Waals surface area contributed by atoms with Crippen LogP contribution in [0.5, 0.6) is 0 Å². The quantitative estimate of drug-likeness (QED) is 0.899. The van der Waals surface area contributed by atoms with Gasteiger partial charge in [0.2, 0.25) is 0 Å². The standard InChI is InChI=1S/C21H31NO2/c1-14-9-17(20(3,4)5)10-15(2)18(14)12-22-11-16-7-6-8-21(16,13-22)19(23)24/h9-10,16H,6-8,11-13H2,1-5H3,(H,23,24)/t16-,21+/m0/s1. The molecule has 2 atom stereocenters. The highest BCUT2D eigenvalue weighted by Crippen LogP contribution is 2.49. The van der Waals surface area contributed by atoms with Gasteiger partial charge in [0.15, 0.2) is 0 Å². The van der Waals surface area contributed by atoms with E-state index >= 15 is 0 Å². The maximum Gasteiger partial charge on any atom is 0.311 e. The molecule has 2 fully saturated rings. The van der Waals surface area contributed by atoms with Crippen LogP contribution in [-0.2, 0) is 16.8 Å². The maximum absolute atomic E-state index is 11.9. The Hall–Kier alpha value is -1.35. The lowest BCUT2D eigenvalue weighted by atomic mass is 9.81. The summed E-state index contributed by atoms with van der Waals surface area (Å²) in [6.45, 7) is 13.7. The fourth-order valence-electron chi connectivity index (χ4n) is 4.76. The predicted molar refractivity (Wildman–Crippen MR) is 97.3 cm³/mol. The van der Waals surface area contributed by atoms with E-state index in [1.54, 1.807) is 0 Å². The molecule has 0 bridgehead atoms. The molecule has 0 unspecified atom stereocenters. The zero-order chi connectivity index (χ0) is 17.7. The van der Waals surface area contributed by atoms with Crippen LogP contribution in [0.4, 0.5) is 0 Å². The molecule has 1 aromatic carbocycles. The van der Waals surface area contributed by atoms with Crippen LogP contribution in [0.1, 0.15) is 62.3 Å². The number of aliphatic carboxylic acids is 1. The number of hydrogen-bond donors (Lipinski definition) is 1. The van der Waals surface area contributed by atoms with Crippen molar-refractivity contribution in [3.05, 3.63) is 34.4 Å². The van der Waals surface area contributed by atoms with Crippen molar-refractivity contribution >= 4 is 5.97 Å². The van der Waals surface area contributed by atoms with Crippen LogP contribution in [0.2, 0.25) is 0 Å². The fourth-order valence-corrected chi connectivity index (χ4v) is 4.76. The van der Waals surface area contributed by atoms with E-state index in [0.717, 1.165) is 32.4 Å². The summed E-state index contributed by atoms with van der Waals surface area (Å²) >= 11 is 0. The summed E-state index contributed by atoms with van der Waals surface area (Å²) in [6.07, 6.45) is 3.00. The molecule has 1 saturated carbocycles. The number of carboxylic acids is 1. The Morgan fingerprint density at radius 2 is 1.92 bits per heavy atom. The molecule has 2 aliphatic rings. The number of nitrogens with zero attached hydrogens (tertiary/aromatic N) is 1. The lowest BCUT2D eigenvalue weighted by molar-refractivity contribution is -0.149. The molecule has 1 aliphatic carbocycles. The summed E-state index contributed by atoms with van der Waals surface area (Å²) in [6, 6.07) is 4.62. The number of fused-ring (bicyclic) bond motifs is 1. The molecule has 3 nitrogen and oxygen atoms in total. The zero-order valence-corrected chi connectivity index (χ0v) is 15.8. The predicted octanol–water partition coefficient (Wildman–Crippen LogP) is 4.29. The summed E-state index contributed by atoms with van der Waals surface area (Å²) in [5.74, 6) is -0.242. The van der Waals surface area contributed by atoms with Crippen molar-refractivity contribution in [1.82, 2.24) is 4.90 Å². The molecule has 1 heterocycles. The van der Waals surface area contributed by atoms with Crippen molar-refractivity contribution in [3.8, 4) is 0 Å². The second-order valence-electron chi connectivity index (χ2n) is 9.06. The summed E-state index contributed by atoms with van der Waals surface area (Å²) < 4.78 is 0. The normalized spacial score (nSPS) is 27.5. The van der Waals surface area contributed by atoms with Crippen molar-refractivity contribution in [2.75, 3.05) is 13.1 Å². The van der Waals surface area contributed by atoms with E-state index in [-0.39, 0.29) is 5.41 Å². The molecule has 0 amide bonds. The number of likely N-dealkylation sites (tertiary alicyclic amines) is 1. The zero-order valence-electron chi connectivity index (χ0n) is 15.8. The van der Waals surface area contributed by atoms with Crippen LogP contribution >= 0.6 is 0 Å². The Morgan fingerprint density at radius 1 is 1.29 bits per heavy atom. The second-order valence-corrected chi connectivity index (χ2v) is 9.06. The second kappa shape index (κ2) is 5.87. The van der Waals surface area contributed by atoms with Gasteiger partial charge in [-0.2, -0.15) is 0 Å². The van der Waals surface area contributed by atoms with Crippen LogP contribution < -0.4 is 0 Å². The van der Waals surface area contributed by atoms with Gasteiger partial charge >= 0.3 is 5.97 Å². The summed E-state index contributed by atoms with van der Waals surface area (Å²) in [5, 5.41) is 9.77. The Labute approximate surface area is 146 Å². The fraction of sp³-hybridized carbons (Fsp3) is 0.667. The van der Waals surface area contributed by atoms with Gasteiger partial charge < -0.3 is 5.11 Å². The van der Waals surface area contributed by atoms with E-state index in [1.807, 2.05) is 0 Å². The third-order valence-corrected chi connectivity index (χ3v) is 6.31. The van der Waals surface area contributed by atoms with Crippen molar-refractivity contribution in [1.29, 1.82) is 0 Å². The van der Waals surface area contributed by atoms with Gasteiger partial charge in [0.05, 0.1) is 5.41 Å². The van der Waals surface area contributed by atoms with Crippen molar-refractivity contribution < 1.29 is 9.90 Å². The Morgan fingerprint density at radius 3 is 2.42 bits per heavy atom. The molecule has 3 rings (SSSR count). The summed E-state index contributed by atoms with van der Waals surface area (Å²) in [4.78, 5) is 14.2. The van der Waals surface area contributed by atoms with E-state index in [4.69, 9.17) is 0 Å². The molecule has 1 N–H and O–H groups in total. The highest BCUT2D eigenvalue weighted by atomic mass is 16.4. The van der Waals surface area contributed by atoms with E-state index in [9.17, 15) is 9.90 Å². The van der Waals surface area contributed by atoms with Crippen LogP contribution in [-0.4, -0.2) is 29.1 Å². The van der Waals surface area contributed by atoms with E-state index in [2.05, 4.69) is 51.7 Å². The van der Waals surface area contributed by atoms with Gasteiger partial charge in [-0.3, -0.25) is 9.69 Å². The lowest BCUT2D eigenvalue weighted by Crippen LogP contribution is -2.35. The average molecular weight is 329 g/mol. The number of rotatable bonds is 3. The first-order valence-electron chi connectivity index (χ1n) is 9.20. The minimum atomic E-state index is -0.580. The smallest absolute Gasteiger partial charge is 0.311 e. The van der Waals surface area contributed by atoms with Gasteiger partial charge in [-0.05, 0) is 60.3 Å². The molecule has 1 aliphatic heterocycles. The SMILES string of the molecule is Cc1cc(C(C)(C)C)cc(C)c1CN1C[C@@H]2CCC[C@@]2(C(=O)O)C1. The number of carboxylic acid groups (broad SMARTS) is 1. The van der Waals surface area contributed by atoms with Gasteiger partial charge in [-0.1, -0.05) is 39.3 Å². The van der Waals surface area contributed by atoms with Crippen molar-refractivity contribution in [3.63, 3.8) is 0 Å². The van der Waals surface area contributed by atoms with E-state index in [1.165, 1.54) is 22.3 Å². The molecule has 0 radical (unpaired) electrons. The Kier molecular flexibility index (Phi) is 4.28. The molecule has 132 valence electrons. The maximum atomic E-state index is 11.9. The third kappa shape index (κ3) is 2.88. The van der Waals surface area contributed by atoms with Gasteiger partial charge in [-0.25, -0.2) is 0 Å². The third-order valence-electron chi connectivity index (χ3n) is 6.31. The number of hydrogen-bond acceptors (Lipinski definition) is 2. The van der Waals surface area contributed by atoms with Gasteiger partial charge in [0.1, 0.15) is 0 Å². The van der Waals surface area contributed by atoms with Gasteiger partial charge in [-0.15, -0.1) is 0 Å². The minimum Gasteiger partial charge on any atom is -0.481 e. The topological polar surface area (TPSA) is 40.5 Å². The number of benzene rings is 1. The monoisotopic (exact) mass is 329 g/mol. The molecule has 0 aromatic heterocycles. The molecule has 1 saturated heterocycles. The number of carbonyl (C=O) groups is 1. The van der Waals surface area contributed by atoms with E-state index < -0.39 is 11.4 Å². The van der Waals surface area contributed by atoms with E-state index in [0.29, 0.717) is 12.5 Å². The summed E-state index contributed by atoms with van der Waals surface area (Å²) in [5.41, 5.74) is 5.10. The first-order chi connectivity index (χ1) is 11.1. The van der Waals surface area contributed by atoms with Gasteiger partial charge in [0, 0.05) is 19.6 Å². The minimum absolute atomic E-state index is 0.159. The first kappa shape index (κ1) is 17.5. The average Bonchev–Trinajstić information content (AvgIpc) is 2.99. The summed E-state index contributed by atoms with van der Waals surface area (Å²) in [7, 11) is 0. The molecule has 24 heavy (non-hydrogen) atoms. The largest absolute Gasteiger partial charge is 0.481 e. The van der Waals surface area contributed by atoms with Crippen LogP contribution in [0, 0.1) is 25.2 Å². The van der Waals surface area contributed by atoms with Gasteiger partial charge in [0.25, 0.3) is 0 Å². The Bertz CT molecular complexity index is 635. The highest BCUT2D eigenvalue weighted by Gasteiger charge is 2.54. The number of aryl methyl sites for hydroxylation is 2. The molecule has 0 spiro atoms. The first-order valence-corrected chi connectivity index (χ1v) is 9.20. The molecule has 1 aromatic rings. The Balaban J connectivity index is 1.82. The van der Waals surface area contributed by atoms with Crippen molar-refractivity contribution in [2.24, 2.45) is 11.3 Å². The van der Waals surface area contributed by atoms with Crippen LogP contribution in [0.3, 0.4) is 0 Å². The van der Waals surface area contributed by atoms with Crippen LogP contribution in [0.15, 0.2) is 12.1 Å². The molecule has 3 heteroatoms. The highest BCUT2D eigenvalue weighted by molar-refractivity contribution is 5.76. The van der Waals surface area contributed by atoms with Crippen LogP contribution in [0.25, 0.3) is 0 Å². The molecular weight excluding hydrogens is 298 g/mol. The lowest BCUT2D eigenvalue weighted by Gasteiger charge is -2.26. The molecular formula is C21H31NO2. The van der Waals surface area contributed by atoms with Crippen molar-refractivity contribution in [2.45, 2.75) is 65.8 Å².